The average Bonchev–Trinajstić information content (AvgIpc) is 2.83. The highest BCUT2D eigenvalue weighted by Crippen LogP contribution is 2.22. The molecular weight excluding hydrogens is 372 g/mol. The lowest BCUT2D eigenvalue weighted by atomic mass is 10.2. The molecule has 0 unspecified atom stereocenters. The average molecular weight is 400 g/mol. The van der Waals surface area contributed by atoms with E-state index >= 15 is 0 Å². The molecule has 4 rings (SSSR count). The molecule has 0 aliphatic heterocycles. The van der Waals surface area contributed by atoms with Gasteiger partial charge in [-0.2, -0.15) is 0 Å². The Morgan fingerprint density at radius 2 is 0.833 bits per heavy atom. The van der Waals surface area contributed by atoms with Crippen LogP contribution in [-0.2, 0) is 19.6 Å². The van der Waals surface area contributed by atoms with Gasteiger partial charge in [-0.05, 0) is 39.0 Å². The van der Waals surface area contributed by atoms with Crippen LogP contribution in [0.15, 0.2) is 73.6 Å². The molecule has 0 bridgehead atoms. The third kappa shape index (κ3) is 4.22. The number of nitrogens with zero attached hydrogens (tertiary/aromatic N) is 6. The molecule has 0 amide bonds. The minimum atomic E-state index is 0.677. The molecule has 0 saturated heterocycles. The molecule has 0 spiro atoms. The van der Waals surface area contributed by atoms with Crippen molar-refractivity contribution in [2.45, 2.75) is 40.4 Å². The predicted molar refractivity (Wildman–Crippen MR) is 114 cm³/mol. The zero-order chi connectivity index (χ0) is 20.9. The number of aromatic nitrogens is 6. The monoisotopic (exact) mass is 399 g/mol. The van der Waals surface area contributed by atoms with Gasteiger partial charge in [0.15, 0.2) is 54.7 Å². The molecule has 6 heteroatoms. The Bertz CT molecular complexity index is 1010. The predicted octanol–water partition coefficient (Wildman–Crippen LogP) is 2.79. The summed E-state index contributed by atoms with van der Waals surface area (Å²) in [5.74, 6) is 2.03. The van der Waals surface area contributed by atoms with Gasteiger partial charge in [-0.15, -0.1) is 0 Å². The van der Waals surface area contributed by atoms with Crippen LogP contribution >= 0.6 is 0 Å². The zero-order valence-corrected chi connectivity index (χ0v) is 17.7. The summed E-state index contributed by atoms with van der Waals surface area (Å²) in [7, 11) is 0. The Balaban J connectivity index is 1.91. The Kier molecular flexibility index (Phi) is 5.84. The highest BCUT2D eigenvalue weighted by molar-refractivity contribution is 5.64. The maximum absolute atomic E-state index is 4.84. The quantitative estimate of drug-likeness (QED) is 0.469. The van der Waals surface area contributed by atoms with Gasteiger partial charge in [-0.3, -0.25) is 0 Å². The largest absolute Gasteiger partial charge is 0.208 e. The summed E-state index contributed by atoms with van der Waals surface area (Å²) in [4.78, 5) is 14.5. The van der Waals surface area contributed by atoms with Crippen LogP contribution in [-0.4, -0.2) is 15.0 Å². The topological polar surface area (TPSA) is 50.3 Å². The minimum Gasteiger partial charge on any atom is -0.208 e. The Hall–Kier alpha value is -3.54. The summed E-state index contributed by atoms with van der Waals surface area (Å²) < 4.78 is 6.37. The molecule has 0 aliphatic rings. The fourth-order valence-electron chi connectivity index (χ4n) is 3.32. The molecule has 30 heavy (non-hydrogen) atoms. The van der Waals surface area contributed by atoms with E-state index in [0.717, 1.165) is 36.3 Å². The van der Waals surface area contributed by atoms with Crippen molar-refractivity contribution in [3.63, 3.8) is 0 Å². The van der Waals surface area contributed by atoms with Crippen molar-refractivity contribution in [3.8, 4) is 34.2 Å². The van der Waals surface area contributed by atoms with Crippen LogP contribution in [0.3, 0.4) is 0 Å². The summed E-state index contributed by atoms with van der Waals surface area (Å²) in [6, 6.07) is 12.2. The number of hydrogen-bond acceptors (Lipinski definition) is 3. The van der Waals surface area contributed by atoms with E-state index in [1.807, 2.05) is 36.4 Å². The molecule has 0 N–H and O–H groups in total. The molecule has 4 aromatic heterocycles. The van der Waals surface area contributed by atoms with Crippen LogP contribution in [0, 0.1) is 0 Å². The Morgan fingerprint density at radius 1 is 0.533 bits per heavy atom. The normalized spacial score (nSPS) is 10.9. The van der Waals surface area contributed by atoms with E-state index in [1.54, 1.807) is 0 Å². The van der Waals surface area contributed by atoms with Gasteiger partial charge < -0.3 is 0 Å². The second-order valence-electron chi connectivity index (χ2n) is 7.08. The first kappa shape index (κ1) is 19.8. The molecule has 0 atom stereocenters. The number of rotatable bonds is 6. The molecule has 4 aromatic rings. The number of hydrogen-bond donors (Lipinski definition) is 0. The molecule has 150 valence electrons. The third-order valence-electron chi connectivity index (χ3n) is 5.08. The Labute approximate surface area is 177 Å². The van der Waals surface area contributed by atoms with E-state index in [-0.39, 0.29) is 0 Å². The number of aryl methyl sites for hydroxylation is 3. The van der Waals surface area contributed by atoms with E-state index in [4.69, 9.17) is 15.0 Å². The van der Waals surface area contributed by atoms with Gasteiger partial charge in [0, 0.05) is 18.2 Å². The van der Waals surface area contributed by atoms with E-state index < -0.39 is 0 Å². The standard InChI is InChI=1S/C24H27N6/c1-4-28-13-7-10-19(16-28)22-25-23(20-11-8-14-29(5-2)17-20)27-24(26-22)21-12-9-15-30(6-3)18-21/h7-18H,4-6H2,1-3H3/q+3. The van der Waals surface area contributed by atoms with Gasteiger partial charge in [-0.1, -0.05) is 0 Å². The lowest BCUT2D eigenvalue weighted by Crippen LogP contribution is -2.31. The van der Waals surface area contributed by atoms with Crippen LogP contribution < -0.4 is 13.7 Å². The SMILES string of the molecule is CC[n+]1cccc(-c2nc(-c3ccc[n+](CC)c3)nc(-c3ccc[n+](CC)c3)n2)c1. The van der Waals surface area contributed by atoms with E-state index in [2.05, 4.69) is 71.7 Å². The summed E-state index contributed by atoms with van der Waals surface area (Å²) in [6.07, 6.45) is 12.4. The van der Waals surface area contributed by atoms with Gasteiger partial charge in [0.05, 0.1) is 16.7 Å². The van der Waals surface area contributed by atoms with Crippen molar-refractivity contribution in [3.05, 3.63) is 73.6 Å². The fourth-order valence-corrected chi connectivity index (χ4v) is 3.32. The van der Waals surface area contributed by atoms with E-state index in [1.165, 1.54) is 0 Å². The maximum Gasteiger partial charge on any atom is 0.179 e. The Morgan fingerprint density at radius 3 is 1.10 bits per heavy atom. The summed E-state index contributed by atoms with van der Waals surface area (Å²) in [5.41, 5.74) is 2.92. The zero-order valence-electron chi connectivity index (χ0n) is 17.7. The van der Waals surface area contributed by atoms with Crippen molar-refractivity contribution < 1.29 is 13.7 Å². The number of pyridine rings is 3. The molecule has 0 radical (unpaired) electrons. The van der Waals surface area contributed by atoms with Crippen molar-refractivity contribution in [2.24, 2.45) is 0 Å². The molecule has 4 heterocycles. The summed E-state index contributed by atoms with van der Waals surface area (Å²) in [6.45, 7) is 9.04. The second-order valence-corrected chi connectivity index (χ2v) is 7.08. The van der Waals surface area contributed by atoms with Crippen LogP contribution in [0.25, 0.3) is 34.2 Å². The first-order valence-corrected chi connectivity index (χ1v) is 10.4. The molecule has 0 saturated carbocycles. The smallest absolute Gasteiger partial charge is 0.179 e. The van der Waals surface area contributed by atoms with Crippen LogP contribution in [0.4, 0.5) is 0 Å². The van der Waals surface area contributed by atoms with Crippen molar-refractivity contribution in [1.29, 1.82) is 0 Å². The maximum atomic E-state index is 4.84. The van der Waals surface area contributed by atoms with Gasteiger partial charge in [-0.25, -0.2) is 28.7 Å². The van der Waals surface area contributed by atoms with Crippen molar-refractivity contribution in [1.82, 2.24) is 15.0 Å². The highest BCUT2D eigenvalue weighted by atomic mass is 15.0. The fraction of sp³-hybridized carbons (Fsp3) is 0.250. The highest BCUT2D eigenvalue weighted by Gasteiger charge is 2.17. The van der Waals surface area contributed by atoms with Crippen molar-refractivity contribution in [2.75, 3.05) is 0 Å². The van der Waals surface area contributed by atoms with Gasteiger partial charge in [0.1, 0.15) is 19.6 Å². The van der Waals surface area contributed by atoms with Crippen LogP contribution in [0.2, 0.25) is 0 Å². The van der Waals surface area contributed by atoms with E-state index in [9.17, 15) is 0 Å². The van der Waals surface area contributed by atoms with Crippen LogP contribution in [0.5, 0.6) is 0 Å². The van der Waals surface area contributed by atoms with Crippen LogP contribution in [0.1, 0.15) is 20.8 Å². The first-order chi connectivity index (χ1) is 14.7. The van der Waals surface area contributed by atoms with Gasteiger partial charge in [0.25, 0.3) is 0 Å². The molecule has 0 aliphatic carbocycles. The second kappa shape index (κ2) is 8.86. The minimum absolute atomic E-state index is 0.677. The summed E-state index contributed by atoms with van der Waals surface area (Å²) >= 11 is 0. The summed E-state index contributed by atoms with van der Waals surface area (Å²) in [5, 5.41) is 0. The molecule has 0 aromatic carbocycles. The lowest BCUT2D eigenvalue weighted by molar-refractivity contribution is -0.693. The van der Waals surface area contributed by atoms with Gasteiger partial charge in [0.2, 0.25) is 0 Å². The molecule has 6 nitrogen and oxygen atoms in total. The van der Waals surface area contributed by atoms with Gasteiger partial charge >= 0.3 is 0 Å². The molecule has 0 fully saturated rings. The third-order valence-corrected chi connectivity index (χ3v) is 5.08. The lowest BCUT2D eigenvalue weighted by Gasteiger charge is -2.07. The first-order valence-electron chi connectivity index (χ1n) is 10.4. The van der Waals surface area contributed by atoms with Crippen molar-refractivity contribution >= 4 is 0 Å². The van der Waals surface area contributed by atoms with E-state index in [0.29, 0.717) is 17.5 Å². The molecular formula is C24H27N6+3.